The number of nitrogens with zero attached hydrogens (tertiary/aromatic N) is 1. The highest BCUT2D eigenvalue weighted by molar-refractivity contribution is 5.77. The molecule has 0 aromatic carbocycles. The van der Waals surface area contributed by atoms with Gasteiger partial charge >= 0.3 is 0 Å². The molecule has 1 saturated heterocycles. The Balaban J connectivity index is 2.70. The SMILES string of the molecule is C=C(C(C)C)C1CCCN1C(=O)CC(C)(C)C. The van der Waals surface area contributed by atoms with Crippen molar-refractivity contribution in [2.45, 2.75) is 59.9 Å². The van der Waals surface area contributed by atoms with Gasteiger partial charge in [0.1, 0.15) is 0 Å². The second-order valence-corrected chi connectivity index (χ2v) is 6.71. The van der Waals surface area contributed by atoms with Crippen LogP contribution in [0.5, 0.6) is 0 Å². The lowest BCUT2D eigenvalue weighted by atomic mass is 9.90. The molecule has 0 saturated carbocycles. The van der Waals surface area contributed by atoms with Crippen molar-refractivity contribution in [2.24, 2.45) is 11.3 Å². The highest BCUT2D eigenvalue weighted by Crippen LogP contribution is 2.30. The van der Waals surface area contributed by atoms with E-state index in [0.717, 1.165) is 19.4 Å². The standard InChI is InChI=1S/C15H27NO/c1-11(2)12(3)13-8-7-9-16(13)14(17)10-15(4,5)6/h11,13H,3,7-10H2,1-2,4-6H3. The van der Waals surface area contributed by atoms with Crippen molar-refractivity contribution in [3.05, 3.63) is 12.2 Å². The molecule has 1 amide bonds. The molecule has 0 aromatic heterocycles. The van der Waals surface area contributed by atoms with Crippen molar-refractivity contribution in [3.63, 3.8) is 0 Å². The summed E-state index contributed by atoms with van der Waals surface area (Å²) in [6, 6.07) is 0.282. The minimum Gasteiger partial charge on any atom is -0.336 e. The molecular weight excluding hydrogens is 210 g/mol. The second-order valence-electron chi connectivity index (χ2n) is 6.71. The first-order valence-electron chi connectivity index (χ1n) is 6.70. The molecule has 17 heavy (non-hydrogen) atoms. The molecule has 98 valence electrons. The number of hydrogen-bond acceptors (Lipinski definition) is 1. The van der Waals surface area contributed by atoms with Gasteiger partial charge in [0.05, 0.1) is 6.04 Å². The van der Waals surface area contributed by atoms with Crippen molar-refractivity contribution in [1.29, 1.82) is 0 Å². The molecule has 1 rings (SSSR count). The van der Waals surface area contributed by atoms with Crippen LogP contribution in [0.1, 0.15) is 53.9 Å². The van der Waals surface area contributed by atoms with Gasteiger partial charge in [-0.2, -0.15) is 0 Å². The third-order valence-electron chi connectivity index (χ3n) is 3.42. The topological polar surface area (TPSA) is 20.3 Å². The maximum atomic E-state index is 12.3. The first-order valence-corrected chi connectivity index (χ1v) is 6.70. The van der Waals surface area contributed by atoms with E-state index in [2.05, 4.69) is 41.2 Å². The average molecular weight is 237 g/mol. The number of carbonyl (C=O) groups is 1. The summed E-state index contributed by atoms with van der Waals surface area (Å²) in [4.78, 5) is 14.3. The van der Waals surface area contributed by atoms with Crippen LogP contribution in [0.2, 0.25) is 0 Å². The first kappa shape index (κ1) is 14.3. The van der Waals surface area contributed by atoms with Crippen molar-refractivity contribution < 1.29 is 4.79 Å². The highest BCUT2D eigenvalue weighted by Gasteiger charge is 2.32. The van der Waals surface area contributed by atoms with E-state index in [-0.39, 0.29) is 11.5 Å². The lowest BCUT2D eigenvalue weighted by Crippen LogP contribution is -2.39. The van der Waals surface area contributed by atoms with Gasteiger partial charge in [0.25, 0.3) is 0 Å². The number of amides is 1. The molecule has 1 aliphatic rings. The summed E-state index contributed by atoms with van der Waals surface area (Å²) in [5.74, 6) is 0.754. The zero-order chi connectivity index (χ0) is 13.2. The van der Waals surface area contributed by atoms with Crippen LogP contribution in [0, 0.1) is 11.3 Å². The van der Waals surface area contributed by atoms with Crippen molar-refractivity contribution in [1.82, 2.24) is 4.90 Å². The molecule has 1 unspecified atom stereocenters. The van der Waals surface area contributed by atoms with Crippen molar-refractivity contribution >= 4 is 5.91 Å². The van der Waals surface area contributed by atoms with Crippen LogP contribution < -0.4 is 0 Å². The molecule has 1 heterocycles. The van der Waals surface area contributed by atoms with Crippen molar-refractivity contribution in [3.8, 4) is 0 Å². The average Bonchev–Trinajstić information content (AvgIpc) is 2.61. The lowest BCUT2D eigenvalue weighted by molar-refractivity contribution is -0.133. The van der Waals surface area contributed by atoms with Gasteiger partial charge in [-0.25, -0.2) is 0 Å². The first-order chi connectivity index (χ1) is 7.72. The van der Waals surface area contributed by atoms with Gasteiger partial charge in [0.15, 0.2) is 0 Å². The molecule has 0 aliphatic carbocycles. The quantitative estimate of drug-likeness (QED) is 0.686. The van der Waals surface area contributed by atoms with Crippen molar-refractivity contribution in [2.75, 3.05) is 6.54 Å². The largest absolute Gasteiger partial charge is 0.336 e. The zero-order valence-electron chi connectivity index (χ0n) is 12.0. The van der Waals surface area contributed by atoms with Gasteiger partial charge in [-0.1, -0.05) is 46.8 Å². The van der Waals surface area contributed by atoms with Gasteiger partial charge in [-0.05, 0) is 24.2 Å². The summed E-state index contributed by atoms with van der Waals surface area (Å²) < 4.78 is 0. The van der Waals surface area contributed by atoms with Crippen LogP contribution in [0.4, 0.5) is 0 Å². The summed E-state index contributed by atoms with van der Waals surface area (Å²) in [5, 5.41) is 0. The summed E-state index contributed by atoms with van der Waals surface area (Å²) in [5.41, 5.74) is 1.29. The van der Waals surface area contributed by atoms with E-state index in [1.165, 1.54) is 5.57 Å². The van der Waals surface area contributed by atoms with Crippen LogP contribution >= 0.6 is 0 Å². The number of likely N-dealkylation sites (tertiary alicyclic amines) is 1. The minimum absolute atomic E-state index is 0.0728. The summed E-state index contributed by atoms with van der Waals surface area (Å²) in [6.07, 6.45) is 2.84. The van der Waals surface area contributed by atoms with Crippen LogP contribution in [0.15, 0.2) is 12.2 Å². The van der Waals surface area contributed by atoms with E-state index < -0.39 is 0 Å². The number of carbonyl (C=O) groups excluding carboxylic acids is 1. The Bertz CT molecular complexity index is 299. The van der Waals surface area contributed by atoms with Gasteiger partial charge in [0.2, 0.25) is 5.91 Å². The molecule has 1 aliphatic heterocycles. The van der Waals surface area contributed by atoms with Gasteiger partial charge in [0, 0.05) is 13.0 Å². The van der Waals surface area contributed by atoms with E-state index in [4.69, 9.17) is 0 Å². The Morgan fingerprint density at radius 1 is 1.41 bits per heavy atom. The Labute approximate surface area is 106 Å². The maximum absolute atomic E-state index is 12.3. The normalized spacial score (nSPS) is 21.1. The molecule has 0 N–H and O–H groups in total. The van der Waals surface area contributed by atoms with E-state index >= 15 is 0 Å². The highest BCUT2D eigenvalue weighted by atomic mass is 16.2. The number of hydrogen-bond donors (Lipinski definition) is 0. The Hall–Kier alpha value is -0.790. The van der Waals surface area contributed by atoms with E-state index in [9.17, 15) is 4.79 Å². The monoisotopic (exact) mass is 237 g/mol. The zero-order valence-corrected chi connectivity index (χ0v) is 12.0. The molecule has 2 nitrogen and oxygen atoms in total. The third-order valence-corrected chi connectivity index (χ3v) is 3.42. The predicted octanol–water partition coefficient (Wildman–Crippen LogP) is 3.63. The summed E-state index contributed by atoms with van der Waals surface area (Å²) in [6.45, 7) is 15.8. The van der Waals surface area contributed by atoms with Crippen LogP contribution in [-0.2, 0) is 4.79 Å². The predicted molar refractivity (Wildman–Crippen MR) is 72.8 cm³/mol. The maximum Gasteiger partial charge on any atom is 0.223 e. The third kappa shape index (κ3) is 3.86. The molecule has 0 spiro atoms. The summed E-state index contributed by atoms with van der Waals surface area (Å²) in [7, 11) is 0. The molecule has 2 heteroatoms. The molecule has 0 aromatic rings. The van der Waals surface area contributed by atoms with Crippen LogP contribution in [-0.4, -0.2) is 23.4 Å². The van der Waals surface area contributed by atoms with Crippen LogP contribution in [0.25, 0.3) is 0 Å². The van der Waals surface area contributed by atoms with Gasteiger partial charge in [-0.3, -0.25) is 4.79 Å². The molecule has 1 fully saturated rings. The smallest absolute Gasteiger partial charge is 0.223 e. The second kappa shape index (κ2) is 5.24. The fraction of sp³-hybridized carbons (Fsp3) is 0.800. The molecule has 0 bridgehead atoms. The van der Waals surface area contributed by atoms with E-state index in [1.54, 1.807) is 0 Å². The van der Waals surface area contributed by atoms with Crippen LogP contribution in [0.3, 0.4) is 0 Å². The Kier molecular flexibility index (Phi) is 4.40. The molecular formula is C15H27NO. The number of rotatable bonds is 3. The Morgan fingerprint density at radius 3 is 2.47 bits per heavy atom. The fourth-order valence-electron chi connectivity index (χ4n) is 2.39. The fourth-order valence-corrected chi connectivity index (χ4v) is 2.39. The molecule has 0 radical (unpaired) electrons. The Morgan fingerprint density at radius 2 is 2.00 bits per heavy atom. The minimum atomic E-state index is 0.0728. The van der Waals surface area contributed by atoms with E-state index in [0.29, 0.717) is 18.2 Å². The van der Waals surface area contributed by atoms with Gasteiger partial charge < -0.3 is 4.90 Å². The summed E-state index contributed by atoms with van der Waals surface area (Å²) >= 11 is 0. The lowest BCUT2D eigenvalue weighted by Gasteiger charge is -2.30. The van der Waals surface area contributed by atoms with Gasteiger partial charge in [-0.15, -0.1) is 0 Å². The van der Waals surface area contributed by atoms with E-state index in [1.807, 2.05) is 4.90 Å². The molecule has 1 atom stereocenters.